The first-order valence-electron chi connectivity index (χ1n) is 7.21. The monoisotopic (exact) mass is 291 g/mol. The number of aromatic nitrogens is 2. The van der Waals surface area contributed by atoms with Crippen molar-refractivity contribution in [2.75, 3.05) is 13.2 Å². The molecule has 6 heteroatoms. The smallest absolute Gasteiger partial charge is 0.323 e. The van der Waals surface area contributed by atoms with Crippen molar-refractivity contribution in [1.82, 2.24) is 15.3 Å². The molecule has 114 valence electrons. The molecule has 2 aromatic rings. The molecule has 0 bridgehead atoms. The highest BCUT2D eigenvalue weighted by atomic mass is 16.5. The topological polar surface area (TPSA) is 87.0 Å². The number of fused-ring (bicyclic) bond motifs is 1. The van der Waals surface area contributed by atoms with E-state index in [4.69, 9.17) is 4.74 Å². The molecule has 0 aliphatic heterocycles. The summed E-state index contributed by atoms with van der Waals surface area (Å²) in [7, 11) is 0. The van der Waals surface area contributed by atoms with Crippen LogP contribution in [0.3, 0.4) is 0 Å². The predicted molar refractivity (Wildman–Crippen MR) is 81.2 cm³/mol. The van der Waals surface area contributed by atoms with Crippen LogP contribution in [0.25, 0.3) is 11.0 Å². The molecule has 0 spiro atoms. The van der Waals surface area contributed by atoms with Crippen LogP contribution in [0.4, 0.5) is 0 Å². The van der Waals surface area contributed by atoms with Crippen LogP contribution in [0, 0.1) is 0 Å². The van der Waals surface area contributed by atoms with E-state index in [1.165, 1.54) is 0 Å². The number of esters is 1. The first-order valence-corrected chi connectivity index (χ1v) is 7.21. The van der Waals surface area contributed by atoms with E-state index in [9.17, 15) is 9.59 Å². The molecule has 0 aliphatic carbocycles. The van der Waals surface area contributed by atoms with Gasteiger partial charge in [-0.05, 0) is 44.5 Å². The number of ether oxygens (including phenoxy) is 1. The summed E-state index contributed by atoms with van der Waals surface area (Å²) >= 11 is 0. The molecular weight excluding hydrogens is 270 g/mol. The van der Waals surface area contributed by atoms with Gasteiger partial charge in [0.1, 0.15) is 0 Å². The number of aromatic amines is 2. The fourth-order valence-electron chi connectivity index (χ4n) is 2.22. The minimum atomic E-state index is -0.197. The Morgan fingerprint density at radius 1 is 1.33 bits per heavy atom. The highest BCUT2D eigenvalue weighted by Gasteiger charge is 2.07. The molecule has 2 rings (SSSR count). The Bertz CT molecular complexity index is 659. The molecule has 0 fully saturated rings. The van der Waals surface area contributed by atoms with Crippen LogP contribution < -0.4 is 11.0 Å². The van der Waals surface area contributed by atoms with Crippen LogP contribution in [-0.2, 0) is 9.53 Å². The van der Waals surface area contributed by atoms with Crippen LogP contribution in [0.2, 0.25) is 0 Å². The fraction of sp³-hybridized carbons (Fsp3) is 0.467. The predicted octanol–water partition coefficient (Wildman–Crippen LogP) is 1.85. The van der Waals surface area contributed by atoms with E-state index in [1.54, 1.807) is 6.92 Å². The van der Waals surface area contributed by atoms with Gasteiger partial charge in [-0.15, -0.1) is 0 Å². The molecular formula is C15H21N3O3. The Morgan fingerprint density at radius 3 is 2.86 bits per heavy atom. The summed E-state index contributed by atoms with van der Waals surface area (Å²) in [5.41, 5.74) is 2.50. The molecule has 6 nitrogen and oxygen atoms in total. The molecule has 1 heterocycles. The highest BCUT2D eigenvalue weighted by Crippen LogP contribution is 2.16. The summed E-state index contributed by atoms with van der Waals surface area (Å²) in [5.74, 6) is -0.154. The first kappa shape index (κ1) is 15.3. The number of nitrogens with one attached hydrogen (secondary N) is 3. The Kier molecular flexibility index (Phi) is 5.16. The number of carbonyl (C=O) groups is 1. The normalized spacial score (nSPS) is 12.5. The standard InChI is InChI=1S/C15H21N3O3/c1-3-21-14(19)5-4-8-16-10(2)11-6-7-12-13(9-11)18-15(20)17-12/h6-7,9-10,16H,3-5,8H2,1-2H3,(H2,17,18,20). The summed E-state index contributed by atoms with van der Waals surface area (Å²) in [4.78, 5) is 27.9. The average Bonchev–Trinajstić information content (AvgIpc) is 2.82. The molecule has 1 unspecified atom stereocenters. The van der Waals surface area contributed by atoms with Crippen molar-refractivity contribution in [3.8, 4) is 0 Å². The zero-order valence-corrected chi connectivity index (χ0v) is 12.4. The van der Waals surface area contributed by atoms with Gasteiger partial charge in [-0.1, -0.05) is 6.07 Å². The minimum Gasteiger partial charge on any atom is -0.466 e. The summed E-state index contributed by atoms with van der Waals surface area (Å²) < 4.78 is 4.88. The lowest BCUT2D eigenvalue weighted by atomic mass is 10.1. The third-order valence-electron chi connectivity index (χ3n) is 3.35. The van der Waals surface area contributed by atoms with Gasteiger partial charge in [-0.3, -0.25) is 4.79 Å². The number of rotatable bonds is 7. The third-order valence-corrected chi connectivity index (χ3v) is 3.35. The van der Waals surface area contributed by atoms with Gasteiger partial charge in [0, 0.05) is 12.5 Å². The van der Waals surface area contributed by atoms with Crippen molar-refractivity contribution < 1.29 is 9.53 Å². The Morgan fingerprint density at radius 2 is 2.10 bits per heavy atom. The maximum Gasteiger partial charge on any atom is 0.323 e. The lowest BCUT2D eigenvalue weighted by Crippen LogP contribution is -2.20. The first-order chi connectivity index (χ1) is 10.1. The molecule has 3 N–H and O–H groups in total. The summed E-state index contributed by atoms with van der Waals surface area (Å²) in [6.07, 6.45) is 1.17. The van der Waals surface area contributed by atoms with Crippen molar-refractivity contribution in [2.45, 2.75) is 32.7 Å². The molecule has 0 radical (unpaired) electrons. The molecule has 0 amide bonds. The van der Waals surface area contributed by atoms with Crippen LogP contribution >= 0.6 is 0 Å². The van der Waals surface area contributed by atoms with Gasteiger partial charge >= 0.3 is 11.7 Å². The second-order valence-electron chi connectivity index (χ2n) is 4.97. The lowest BCUT2D eigenvalue weighted by Gasteiger charge is -2.14. The number of carbonyl (C=O) groups excluding carboxylic acids is 1. The second-order valence-corrected chi connectivity index (χ2v) is 4.97. The van der Waals surface area contributed by atoms with E-state index >= 15 is 0 Å². The van der Waals surface area contributed by atoms with Gasteiger partial charge in [0.25, 0.3) is 0 Å². The molecule has 1 atom stereocenters. The van der Waals surface area contributed by atoms with Gasteiger partial charge in [-0.2, -0.15) is 0 Å². The number of H-pyrrole nitrogens is 2. The van der Waals surface area contributed by atoms with Crippen LogP contribution in [-0.4, -0.2) is 29.1 Å². The second kappa shape index (κ2) is 7.08. The maximum absolute atomic E-state index is 11.2. The number of hydrogen-bond donors (Lipinski definition) is 3. The van der Waals surface area contributed by atoms with Crippen molar-refractivity contribution >= 4 is 17.0 Å². The van der Waals surface area contributed by atoms with Crippen molar-refractivity contribution in [2.24, 2.45) is 0 Å². The van der Waals surface area contributed by atoms with Crippen LogP contribution in [0.5, 0.6) is 0 Å². The summed E-state index contributed by atoms with van der Waals surface area (Å²) in [6, 6.07) is 5.97. The molecule has 1 aromatic heterocycles. The zero-order valence-electron chi connectivity index (χ0n) is 12.4. The van der Waals surface area contributed by atoms with Crippen LogP contribution in [0.1, 0.15) is 38.3 Å². The Hall–Kier alpha value is -2.08. The summed E-state index contributed by atoms with van der Waals surface area (Å²) in [5, 5.41) is 3.36. The SMILES string of the molecule is CCOC(=O)CCCNC(C)c1ccc2[nH]c(=O)[nH]c2c1. The number of benzene rings is 1. The molecule has 0 aliphatic rings. The van der Waals surface area contributed by atoms with E-state index in [0.29, 0.717) is 13.0 Å². The van der Waals surface area contributed by atoms with Gasteiger partial charge in [0.05, 0.1) is 17.6 Å². The fourth-order valence-corrected chi connectivity index (χ4v) is 2.22. The van der Waals surface area contributed by atoms with E-state index in [-0.39, 0.29) is 17.7 Å². The van der Waals surface area contributed by atoms with Gasteiger partial charge in [0.2, 0.25) is 0 Å². The molecule has 0 saturated heterocycles. The van der Waals surface area contributed by atoms with E-state index in [2.05, 4.69) is 22.2 Å². The Labute approximate surface area is 122 Å². The number of hydrogen-bond acceptors (Lipinski definition) is 4. The minimum absolute atomic E-state index is 0.148. The van der Waals surface area contributed by atoms with E-state index in [0.717, 1.165) is 29.6 Å². The third kappa shape index (κ3) is 4.19. The van der Waals surface area contributed by atoms with Crippen molar-refractivity contribution in [3.05, 3.63) is 34.2 Å². The quantitative estimate of drug-likeness (QED) is 0.536. The van der Waals surface area contributed by atoms with Crippen molar-refractivity contribution in [1.29, 1.82) is 0 Å². The number of imidazole rings is 1. The largest absolute Gasteiger partial charge is 0.466 e. The van der Waals surface area contributed by atoms with Crippen LogP contribution in [0.15, 0.2) is 23.0 Å². The molecule has 21 heavy (non-hydrogen) atoms. The van der Waals surface area contributed by atoms with E-state index < -0.39 is 0 Å². The Balaban J connectivity index is 1.85. The average molecular weight is 291 g/mol. The van der Waals surface area contributed by atoms with Gasteiger partial charge in [0.15, 0.2) is 0 Å². The highest BCUT2D eigenvalue weighted by molar-refractivity contribution is 5.75. The summed E-state index contributed by atoms with van der Waals surface area (Å²) in [6.45, 7) is 5.02. The maximum atomic E-state index is 11.2. The van der Waals surface area contributed by atoms with Crippen molar-refractivity contribution in [3.63, 3.8) is 0 Å². The zero-order chi connectivity index (χ0) is 15.2. The van der Waals surface area contributed by atoms with E-state index in [1.807, 2.05) is 18.2 Å². The lowest BCUT2D eigenvalue weighted by molar-refractivity contribution is -0.143. The van der Waals surface area contributed by atoms with Gasteiger partial charge in [-0.25, -0.2) is 4.79 Å². The molecule has 1 aromatic carbocycles. The van der Waals surface area contributed by atoms with Gasteiger partial charge < -0.3 is 20.0 Å². The molecule has 0 saturated carbocycles.